The predicted molar refractivity (Wildman–Crippen MR) is 71.1 cm³/mol. The SMILES string of the molecule is C[C@@H](CS(=O)(=O)c1ccccn1)c1ccccc1. The van der Waals surface area contributed by atoms with Gasteiger partial charge in [0.2, 0.25) is 0 Å². The molecule has 0 aliphatic carbocycles. The van der Waals surface area contributed by atoms with E-state index in [1.807, 2.05) is 37.3 Å². The van der Waals surface area contributed by atoms with Crippen LogP contribution in [0.4, 0.5) is 0 Å². The van der Waals surface area contributed by atoms with Gasteiger partial charge >= 0.3 is 0 Å². The zero-order valence-electron chi connectivity index (χ0n) is 10.2. The van der Waals surface area contributed by atoms with Gasteiger partial charge in [-0.05, 0) is 23.6 Å². The van der Waals surface area contributed by atoms with Crippen LogP contribution in [0.1, 0.15) is 18.4 Å². The monoisotopic (exact) mass is 261 g/mol. The molecule has 0 spiro atoms. The molecule has 0 N–H and O–H groups in total. The highest BCUT2D eigenvalue weighted by atomic mass is 32.2. The van der Waals surface area contributed by atoms with Gasteiger partial charge in [0.05, 0.1) is 5.75 Å². The molecule has 1 aromatic heterocycles. The van der Waals surface area contributed by atoms with Gasteiger partial charge in [0.15, 0.2) is 14.9 Å². The van der Waals surface area contributed by atoms with Crippen LogP contribution in [0, 0.1) is 0 Å². The van der Waals surface area contributed by atoms with Crippen molar-refractivity contribution in [3.8, 4) is 0 Å². The number of rotatable bonds is 4. The van der Waals surface area contributed by atoms with Gasteiger partial charge in [0, 0.05) is 6.20 Å². The summed E-state index contributed by atoms with van der Waals surface area (Å²) in [5.74, 6) is 0.0341. The van der Waals surface area contributed by atoms with Crippen molar-refractivity contribution < 1.29 is 8.42 Å². The Bertz CT molecular complexity index is 594. The first-order chi connectivity index (χ1) is 8.59. The summed E-state index contributed by atoms with van der Waals surface area (Å²) in [4.78, 5) is 3.91. The molecule has 0 saturated heterocycles. The Balaban J connectivity index is 2.20. The van der Waals surface area contributed by atoms with Crippen LogP contribution in [0.15, 0.2) is 59.8 Å². The molecule has 0 fully saturated rings. The molecule has 0 radical (unpaired) electrons. The molecule has 94 valence electrons. The van der Waals surface area contributed by atoms with Crippen molar-refractivity contribution in [2.75, 3.05) is 5.75 Å². The minimum atomic E-state index is -3.32. The molecule has 1 heterocycles. The summed E-state index contributed by atoms with van der Waals surface area (Å²) in [6.07, 6.45) is 1.50. The number of benzene rings is 1. The van der Waals surface area contributed by atoms with Crippen molar-refractivity contribution in [2.45, 2.75) is 17.9 Å². The molecule has 3 nitrogen and oxygen atoms in total. The fraction of sp³-hybridized carbons (Fsp3) is 0.214. The smallest absolute Gasteiger partial charge is 0.196 e. The molecule has 0 aliphatic heterocycles. The maximum absolute atomic E-state index is 12.2. The average molecular weight is 261 g/mol. The molecule has 0 bridgehead atoms. The normalized spacial score (nSPS) is 13.2. The van der Waals surface area contributed by atoms with E-state index in [-0.39, 0.29) is 16.7 Å². The third-order valence-corrected chi connectivity index (χ3v) is 4.61. The highest BCUT2D eigenvalue weighted by molar-refractivity contribution is 7.91. The van der Waals surface area contributed by atoms with Gasteiger partial charge in [0.1, 0.15) is 0 Å². The molecule has 2 aromatic rings. The van der Waals surface area contributed by atoms with E-state index in [1.165, 1.54) is 12.3 Å². The summed E-state index contributed by atoms with van der Waals surface area (Å²) in [5.41, 5.74) is 1.03. The van der Waals surface area contributed by atoms with Gasteiger partial charge < -0.3 is 0 Å². The number of nitrogens with zero attached hydrogens (tertiary/aromatic N) is 1. The first kappa shape index (κ1) is 12.8. The van der Waals surface area contributed by atoms with E-state index < -0.39 is 9.84 Å². The summed E-state index contributed by atoms with van der Waals surface area (Å²) in [6.45, 7) is 1.91. The predicted octanol–water partition coefficient (Wildman–Crippen LogP) is 2.66. The van der Waals surface area contributed by atoms with Crippen LogP contribution in [-0.2, 0) is 9.84 Å². The first-order valence-electron chi connectivity index (χ1n) is 5.78. The van der Waals surface area contributed by atoms with Crippen LogP contribution >= 0.6 is 0 Å². The number of hydrogen-bond donors (Lipinski definition) is 0. The Morgan fingerprint density at radius 3 is 2.33 bits per heavy atom. The lowest BCUT2D eigenvalue weighted by molar-refractivity contribution is 0.587. The summed E-state index contributed by atoms with van der Waals surface area (Å²) in [5, 5.41) is 0.146. The van der Waals surface area contributed by atoms with Gasteiger partial charge in [-0.25, -0.2) is 13.4 Å². The van der Waals surface area contributed by atoms with Crippen LogP contribution < -0.4 is 0 Å². The summed E-state index contributed by atoms with van der Waals surface area (Å²) in [7, 11) is -3.32. The van der Waals surface area contributed by atoms with Gasteiger partial charge in [-0.2, -0.15) is 0 Å². The van der Waals surface area contributed by atoms with E-state index in [0.29, 0.717) is 0 Å². The Morgan fingerprint density at radius 1 is 1.06 bits per heavy atom. The zero-order chi connectivity index (χ0) is 13.0. The Morgan fingerprint density at radius 2 is 1.72 bits per heavy atom. The molecule has 18 heavy (non-hydrogen) atoms. The van der Waals surface area contributed by atoms with Gasteiger partial charge in [0.25, 0.3) is 0 Å². The zero-order valence-corrected chi connectivity index (χ0v) is 11.0. The molecule has 0 aliphatic rings. The van der Waals surface area contributed by atoms with E-state index in [9.17, 15) is 8.42 Å². The Kier molecular flexibility index (Phi) is 3.77. The van der Waals surface area contributed by atoms with Crippen LogP contribution in [0.25, 0.3) is 0 Å². The molecule has 1 aromatic carbocycles. The second kappa shape index (κ2) is 5.31. The molecule has 0 saturated carbocycles. The Hall–Kier alpha value is -1.68. The first-order valence-corrected chi connectivity index (χ1v) is 7.43. The highest BCUT2D eigenvalue weighted by Gasteiger charge is 2.20. The molecular weight excluding hydrogens is 246 g/mol. The highest BCUT2D eigenvalue weighted by Crippen LogP contribution is 2.19. The summed E-state index contributed by atoms with van der Waals surface area (Å²) in [6, 6.07) is 14.6. The molecule has 1 atom stereocenters. The van der Waals surface area contributed by atoms with Crippen molar-refractivity contribution in [3.05, 3.63) is 60.3 Å². The lowest BCUT2D eigenvalue weighted by Crippen LogP contribution is -2.14. The number of sulfone groups is 1. The van der Waals surface area contributed by atoms with E-state index >= 15 is 0 Å². The quantitative estimate of drug-likeness (QED) is 0.850. The summed E-state index contributed by atoms with van der Waals surface area (Å²) < 4.78 is 24.3. The van der Waals surface area contributed by atoms with E-state index in [2.05, 4.69) is 4.98 Å². The van der Waals surface area contributed by atoms with Crippen molar-refractivity contribution in [3.63, 3.8) is 0 Å². The molecule has 4 heteroatoms. The van der Waals surface area contributed by atoms with Crippen molar-refractivity contribution in [2.24, 2.45) is 0 Å². The van der Waals surface area contributed by atoms with Crippen LogP contribution in [0.5, 0.6) is 0 Å². The topological polar surface area (TPSA) is 47.0 Å². The van der Waals surface area contributed by atoms with Crippen molar-refractivity contribution in [1.29, 1.82) is 0 Å². The van der Waals surface area contributed by atoms with Crippen molar-refractivity contribution in [1.82, 2.24) is 4.98 Å². The maximum Gasteiger partial charge on any atom is 0.196 e. The number of aromatic nitrogens is 1. The van der Waals surface area contributed by atoms with Crippen LogP contribution in [-0.4, -0.2) is 19.2 Å². The van der Waals surface area contributed by atoms with Crippen LogP contribution in [0.3, 0.4) is 0 Å². The largest absolute Gasteiger partial charge is 0.245 e. The molecule has 0 unspecified atom stereocenters. The van der Waals surface area contributed by atoms with Crippen LogP contribution in [0.2, 0.25) is 0 Å². The van der Waals surface area contributed by atoms with E-state index in [0.717, 1.165) is 5.56 Å². The third-order valence-electron chi connectivity index (χ3n) is 2.79. The maximum atomic E-state index is 12.2. The summed E-state index contributed by atoms with van der Waals surface area (Å²) >= 11 is 0. The molecular formula is C14H15NO2S. The standard InChI is InChI=1S/C14H15NO2S/c1-12(13-7-3-2-4-8-13)11-18(16,17)14-9-5-6-10-15-14/h2-10,12H,11H2,1H3/t12-/m0/s1. The van der Waals surface area contributed by atoms with E-state index in [1.54, 1.807) is 12.1 Å². The lowest BCUT2D eigenvalue weighted by atomic mass is 10.0. The Labute approximate surface area is 107 Å². The minimum absolute atomic E-state index is 0.0433. The van der Waals surface area contributed by atoms with Crippen molar-refractivity contribution >= 4 is 9.84 Å². The second-order valence-corrected chi connectivity index (χ2v) is 6.24. The van der Waals surface area contributed by atoms with Gasteiger partial charge in [-0.15, -0.1) is 0 Å². The van der Waals surface area contributed by atoms with Gasteiger partial charge in [-0.3, -0.25) is 0 Å². The molecule has 0 amide bonds. The van der Waals surface area contributed by atoms with Gasteiger partial charge in [-0.1, -0.05) is 43.3 Å². The van der Waals surface area contributed by atoms with E-state index in [4.69, 9.17) is 0 Å². The number of pyridine rings is 1. The minimum Gasteiger partial charge on any atom is -0.245 e. The lowest BCUT2D eigenvalue weighted by Gasteiger charge is -2.11. The third kappa shape index (κ3) is 2.96. The fourth-order valence-corrected chi connectivity index (χ4v) is 3.35. The molecule has 2 rings (SSSR count). The fourth-order valence-electron chi connectivity index (χ4n) is 1.82. The average Bonchev–Trinajstić information content (AvgIpc) is 2.40. The second-order valence-electron chi connectivity index (χ2n) is 4.26. The number of hydrogen-bond acceptors (Lipinski definition) is 3.